The van der Waals surface area contributed by atoms with Crippen molar-refractivity contribution in [1.29, 1.82) is 0 Å². The molecule has 0 bridgehead atoms. The molecule has 0 aromatic rings. The van der Waals surface area contributed by atoms with Crippen LogP contribution in [0.4, 0.5) is 0 Å². The molecule has 0 aromatic carbocycles. The van der Waals surface area contributed by atoms with Crippen molar-refractivity contribution in [2.45, 2.75) is 226 Å². The van der Waals surface area contributed by atoms with Gasteiger partial charge in [0.2, 0.25) is 0 Å². The summed E-state index contributed by atoms with van der Waals surface area (Å²) < 4.78 is 48.0. The standard InChI is InChI=1S/C51H83NO21/c1-20-5-8-27-21(2)33-28(52(27)15-20)14-26-24-7-6-22-13-23(9-11-50(22,3)25(24)10-12-51(26,33)4)66-46-42(65)39(62)43(32(19-56)70-46)71-49-45(73-48-41(64)38(61)35(58)30(17-54)68-48)44(36(59)31(18-55)69-49)72-47-40(63)37(60)34(57)29(16-53)67-47/h6,20-21,23-49,53-65H,5,7-19H2,1-4H3. The number of piperidine rings is 1. The van der Waals surface area contributed by atoms with Crippen LogP contribution in [0.25, 0.3) is 0 Å². The van der Waals surface area contributed by atoms with Crippen molar-refractivity contribution >= 4 is 0 Å². The molecule has 31 atom stereocenters. The highest BCUT2D eigenvalue weighted by molar-refractivity contribution is 5.27. The maximum Gasteiger partial charge on any atom is 0.187 e. The summed E-state index contributed by atoms with van der Waals surface area (Å²) in [6, 6.07) is 1.39. The van der Waals surface area contributed by atoms with Gasteiger partial charge in [-0.3, -0.25) is 4.90 Å². The van der Waals surface area contributed by atoms with E-state index in [2.05, 4.69) is 38.7 Å². The van der Waals surface area contributed by atoms with Gasteiger partial charge in [-0.25, -0.2) is 0 Å². The summed E-state index contributed by atoms with van der Waals surface area (Å²) in [6.07, 6.45) is -24.1. The number of allylic oxidation sites excluding steroid dienone is 1. The van der Waals surface area contributed by atoms with E-state index in [1.807, 2.05) is 0 Å². The lowest BCUT2D eigenvalue weighted by Crippen LogP contribution is -2.68. The van der Waals surface area contributed by atoms with Crippen LogP contribution in [0.2, 0.25) is 0 Å². The number of aliphatic hydroxyl groups excluding tert-OH is 13. The minimum absolute atomic E-state index is 0.00763. The van der Waals surface area contributed by atoms with Gasteiger partial charge < -0.3 is 104 Å². The number of aliphatic hydroxyl groups is 13. The first-order valence-corrected chi connectivity index (χ1v) is 27.0. The van der Waals surface area contributed by atoms with Gasteiger partial charge in [-0.2, -0.15) is 0 Å². The smallest absolute Gasteiger partial charge is 0.187 e. The van der Waals surface area contributed by atoms with Crippen molar-refractivity contribution in [2.75, 3.05) is 33.0 Å². The fourth-order valence-electron chi connectivity index (χ4n) is 16.3. The van der Waals surface area contributed by atoms with Crippen LogP contribution in [0.15, 0.2) is 11.6 Å². The largest absolute Gasteiger partial charge is 0.394 e. The Kier molecular flexibility index (Phi) is 16.2. The topological polar surface area (TPSA) is 340 Å². The summed E-state index contributed by atoms with van der Waals surface area (Å²) in [5.74, 6) is 4.05. The van der Waals surface area contributed by atoms with Gasteiger partial charge in [-0.1, -0.05) is 39.3 Å². The quantitative estimate of drug-likeness (QED) is 0.0864. The molecule has 22 nitrogen and oxygen atoms in total. The SMILES string of the molecule is CC1CCC2C(C)C3C(CC4C5CC=C6CC(OC7OC(CO)C(OC8OC(CO)C(O)C(OC9OC(CO)C(O)C(O)C9O)C8OC8OC(CO)C(O)C(O)C8O)C(O)C7O)CCC6(C)C5CCC43C)N2C1. The fraction of sp³-hybridized carbons (Fsp3) is 0.961. The van der Waals surface area contributed by atoms with Crippen LogP contribution in [0, 0.1) is 46.3 Å². The normalized spacial score (nSPS) is 56.2. The number of ether oxygens (including phenoxy) is 8. The highest BCUT2D eigenvalue weighted by atomic mass is 16.8. The molecule has 22 heteroatoms. The number of hydrogen-bond donors (Lipinski definition) is 13. The van der Waals surface area contributed by atoms with Crippen LogP contribution in [-0.4, -0.2) is 245 Å². The van der Waals surface area contributed by atoms with E-state index in [0.717, 1.165) is 36.6 Å². The number of fused-ring (bicyclic) bond motifs is 9. The van der Waals surface area contributed by atoms with Gasteiger partial charge in [0, 0.05) is 18.6 Å². The summed E-state index contributed by atoms with van der Waals surface area (Å²) >= 11 is 0. The molecule has 418 valence electrons. The predicted octanol–water partition coefficient (Wildman–Crippen LogP) is -3.05. The molecule has 0 amide bonds. The van der Waals surface area contributed by atoms with Crippen molar-refractivity contribution in [3.05, 3.63) is 11.6 Å². The Labute approximate surface area is 425 Å². The molecular weight excluding hydrogens is 963 g/mol. The Hall–Kier alpha value is -1.14. The van der Waals surface area contributed by atoms with Crippen LogP contribution < -0.4 is 0 Å². The van der Waals surface area contributed by atoms with E-state index in [0.29, 0.717) is 42.1 Å². The third-order valence-electron chi connectivity index (χ3n) is 20.2. The summed E-state index contributed by atoms with van der Waals surface area (Å²) in [5, 5.41) is 140. The second-order valence-corrected chi connectivity index (χ2v) is 24.1. The first-order chi connectivity index (χ1) is 34.8. The zero-order valence-corrected chi connectivity index (χ0v) is 42.2. The van der Waals surface area contributed by atoms with E-state index >= 15 is 0 Å². The zero-order chi connectivity index (χ0) is 52.2. The van der Waals surface area contributed by atoms with E-state index < -0.39 is 149 Å². The Balaban J connectivity index is 0.841. The lowest BCUT2D eigenvalue weighted by Gasteiger charge is -2.58. The molecule has 10 rings (SSSR count). The van der Waals surface area contributed by atoms with E-state index in [4.69, 9.17) is 37.9 Å². The molecule has 73 heavy (non-hydrogen) atoms. The molecular formula is C51H83NO21. The van der Waals surface area contributed by atoms with Gasteiger partial charge in [-0.15, -0.1) is 0 Å². The van der Waals surface area contributed by atoms with Crippen molar-refractivity contribution in [1.82, 2.24) is 4.90 Å². The highest BCUT2D eigenvalue weighted by Crippen LogP contribution is 2.70. The van der Waals surface area contributed by atoms with Gasteiger partial charge in [0.1, 0.15) is 97.7 Å². The second-order valence-electron chi connectivity index (χ2n) is 24.1. The number of rotatable bonds is 12. The average molecular weight is 1050 g/mol. The van der Waals surface area contributed by atoms with Crippen molar-refractivity contribution < 1.29 is 104 Å². The summed E-state index contributed by atoms with van der Waals surface area (Å²) in [4.78, 5) is 2.92. The van der Waals surface area contributed by atoms with Crippen molar-refractivity contribution in [2.24, 2.45) is 46.3 Å². The minimum atomic E-state index is -2.03. The molecule has 13 N–H and O–H groups in total. The fourth-order valence-corrected chi connectivity index (χ4v) is 16.3. The molecule has 0 spiro atoms. The van der Waals surface area contributed by atoms with Crippen molar-refractivity contribution in [3.8, 4) is 0 Å². The molecule has 6 aliphatic heterocycles. The third kappa shape index (κ3) is 9.42. The average Bonchev–Trinajstić information content (AvgIpc) is 3.85. The molecule has 3 saturated carbocycles. The van der Waals surface area contributed by atoms with Crippen LogP contribution >= 0.6 is 0 Å². The molecule has 6 heterocycles. The van der Waals surface area contributed by atoms with Crippen molar-refractivity contribution in [3.63, 3.8) is 0 Å². The first-order valence-electron chi connectivity index (χ1n) is 27.0. The van der Waals surface area contributed by atoms with E-state index in [-0.39, 0.29) is 11.5 Å². The van der Waals surface area contributed by atoms with Crippen LogP contribution in [0.5, 0.6) is 0 Å². The molecule has 0 aromatic heterocycles. The van der Waals surface area contributed by atoms with Crippen LogP contribution in [-0.2, 0) is 37.9 Å². The van der Waals surface area contributed by atoms with Crippen LogP contribution in [0.1, 0.15) is 85.5 Å². The molecule has 10 aliphatic rings. The van der Waals surface area contributed by atoms with E-state index in [9.17, 15) is 66.4 Å². The summed E-state index contributed by atoms with van der Waals surface area (Å²) in [5.41, 5.74) is 1.67. The molecule has 31 unspecified atom stereocenters. The lowest BCUT2D eigenvalue weighted by molar-refractivity contribution is -0.406. The maximum atomic E-state index is 11.8. The molecule has 4 aliphatic carbocycles. The Bertz CT molecular complexity index is 1920. The maximum absolute atomic E-state index is 11.8. The monoisotopic (exact) mass is 1050 g/mol. The molecule has 6 saturated heterocycles. The van der Waals surface area contributed by atoms with Gasteiger partial charge >= 0.3 is 0 Å². The lowest BCUT2D eigenvalue weighted by atomic mass is 9.47. The Morgan fingerprint density at radius 3 is 1.73 bits per heavy atom. The van der Waals surface area contributed by atoms with E-state index in [1.165, 1.54) is 44.2 Å². The van der Waals surface area contributed by atoms with Crippen LogP contribution in [0.3, 0.4) is 0 Å². The third-order valence-corrected chi connectivity index (χ3v) is 20.2. The Morgan fingerprint density at radius 1 is 0.548 bits per heavy atom. The predicted molar refractivity (Wildman–Crippen MR) is 249 cm³/mol. The molecule has 0 radical (unpaired) electrons. The zero-order valence-electron chi connectivity index (χ0n) is 42.2. The van der Waals surface area contributed by atoms with Gasteiger partial charge in [0.15, 0.2) is 25.2 Å². The van der Waals surface area contributed by atoms with Gasteiger partial charge in [0.05, 0.1) is 32.5 Å². The second kappa shape index (κ2) is 21.5. The number of nitrogens with zero attached hydrogens (tertiary/aromatic N) is 1. The minimum Gasteiger partial charge on any atom is -0.394 e. The summed E-state index contributed by atoms with van der Waals surface area (Å²) in [6.45, 7) is 7.83. The molecule has 9 fully saturated rings. The first kappa shape index (κ1) is 55.2. The van der Waals surface area contributed by atoms with E-state index in [1.54, 1.807) is 0 Å². The highest BCUT2D eigenvalue weighted by Gasteiger charge is 2.67. The Morgan fingerprint density at radius 2 is 1.10 bits per heavy atom. The number of hydrogen-bond acceptors (Lipinski definition) is 22. The van der Waals surface area contributed by atoms with Gasteiger partial charge in [0.25, 0.3) is 0 Å². The summed E-state index contributed by atoms with van der Waals surface area (Å²) in [7, 11) is 0. The van der Waals surface area contributed by atoms with Gasteiger partial charge in [-0.05, 0) is 104 Å².